The Bertz CT molecular complexity index is 0. The van der Waals surface area contributed by atoms with Crippen molar-refractivity contribution in [3.05, 3.63) is 0 Å². The maximum atomic E-state index is 0. The second kappa shape index (κ2) is 174. The Morgan fingerprint density at radius 1 is 0.125 bits per heavy atom. The number of rotatable bonds is 0. The summed E-state index contributed by atoms with van der Waals surface area (Å²) in [6, 6.07) is 0. The standard InChI is InChI=1S/8H4Si/h8*1H4. The molecule has 8 heavy (non-hydrogen) atoms. The second-order valence-corrected chi connectivity index (χ2v) is 0. The average molecular weight is 257 g/mol. The predicted molar refractivity (Wildman–Crippen MR) is 90.7 cm³/mol. The van der Waals surface area contributed by atoms with Crippen molar-refractivity contribution in [1.82, 2.24) is 0 Å². The Labute approximate surface area is 87.6 Å². The molecule has 0 rings (SSSR count). The highest BCUT2D eigenvalue weighted by Gasteiger charge is -0.00785. The van der Waals surface area contributed by atoms with Gasteiger partial charge in [0.1, 0.15) is 0 Å². The first-order valence-corrected chi connectivity index (χ1v) is 0. The minimum absolute atomic E-state index is 0. The van der Waals surface area contributed by atoms with Crippen LogP contribution in [0.3, 0.4) is 0 Å². The van der Waals surface area contributed by atoms with Crippen LogP contribution in [0.5, 0.6) is 0 Å². The van der Waals surface area contributed by atoms with Crippen LogP contribution < -0.4 is 0 Å². The van der Waals surface area contributed by atoms with Gasteiger partial charge in [0, 0.05) is 0 Å². The third-order valence-electron chi connectivity index (χ3n) is 0. The van der Waals surface area contributed by atoms with Gasteiger partial charge in [-0.3, -0.25) is 0 Å². The Morgan fingerprint density at radius 2 is 0.125 bits per heavy atom. The highest BCUT2D eigenvalue weighted by molar-refractivity contribution is 5.76. The third kappa shape index (κ3) is 117. The lowest BCUT2D eigenvalue weighted by Gasteiger charge is -0.0159. The molecule has 0 radical (unpaired) electrons. The van der Waals surface area contributed by atoms with Crippen LogP contribution >= 0.6 is 0 Å². The lowest BCUT2D eigenvalue weighted by Crippen LogP contribution is -0.382. The molecule has 0 aliphatic heterocycles. The van der Waals surface area contributed by atoms with E-state index >= 15 is 0 Å². The summed E-state index contributed by atoms with van der Waals surface area (Å²) in [5.74, 6) is 0. The fraction of sp³-hybridized carbons (Fsp3) is 0. The van der Waals surface area contributed by atoms with Crippen LogP contribution in [0.2, 0.25) is 0 Å². The molecule has 64 valence electrons. The van der Waals surface area contributed by atoms with Gasteiger partial charge >= 0.3 is 0 Å². The van der Waals surface area contributed by atoms with Gasteiger partial charge in [-0.1, -0.05) is 0 Å². The average Bonchev–Trinajstić information content (AvgIpc) is 0. The van der Waals surface area contributed by atoms with E-state index < -0.39 is 0 Å². The molecular formula is H32Si8. The zero-order chi connectivity index (χ0) is 0. The summed E-state index contributed by atoms with van der Waals surface area (Å²) < 4.78 is 0. The summed E-state index contributed by atoms with van der Waals surface area (Å²) in [5, 5.41) is 0. The number of hydrogen-bond donors (Lipinski definition) is 0. The normalized spacial score (nSPS) is 0. The minimum Gasteiger partial charge on any atom is -0.0149 e. The first kappa shape index (κ1) is 247. The van der Waals surface area contributed by atoms with Crippen molar-refractivity contribution >= 4 is 87.7 Å². The molecule has 0 unspecified atom stereocenters. The Hall–Kier alpha value is 1.74. The fourth-order valence-corrected chi connectivity index (χ4v) is 0. The van der Waals surface area contributed by atoms with Gasteiger partial charge in [0.25, 0.3) is 0 Å². The van der Waals surface area contributed by atoms with Crippen molar-refractivity contribution in [3.8, 4) is 0 Å². The van der Waals surface area contributed by atoms with Crippen molar-refractivity contribution in [2.75, 3.05) is 0 Å². The monoisotopic (exact) mass is 256 g/mol. The zero-order valence-electron chi connectivity index (χ0n) is 0. The van der Waals surface area contributed by atoms with Crippen LogP contribution in [-0.2, 0) is 0 Å². The largest absolute Gasteiger partial charge is 0.0149 e. The van der Waals surface area contributed by atoms with Gasteiger partial charge in [-0.05, 0) is 87.7 Å². The molecular weight excluding hydrogens is 225 g/mol. The molecule has 0 saturated heterocycles. The molecule has 0 aliphatic carbocycles. The van der Waals surface area contributed by atoms with Crippen molar-refractivity contribution < 1.29 is 0 Å². The SMILES string of the molecule is [SiH4].[SiH4].[SiH4].[SiH4].[SiH4].[SiH4].[SiH4].[SiH4]. The molecule has 0 heterocycles. The van der Waals surface area contributed by atoms with E-state index in [1.807, 2.05) is 0 Å². The van der Waals surface area contributed by atoms with Gasteiger partial charge in [-0.15, -0.1) is 0 Å². The molecule has 0 aliphatic rings. The van der Waals surface area contributed by atoms with Crippen LogP contribution in [0, 0.1) is 0 Å². The molecule has 0 aromatic heterocycles. The van der Waals surface area contributed by atoms with Crippen LogP contribution in [0.4, 0.5) is 0 Å². The third-order valence-corrected chi connectivity index (χ3v) is 0. The number of hydrogen-bond acceptors (Lipinski definition) is 0. The molecule has 0 aromatic carbocycles. The summed E-state index contributed by atoms with van der Waals surface area (Å²) in [7, 11) is 0. The first-order valence-electron chi connectivity index (χ1n) is 0. The lowest BCUT2D eigenvalue weighted by atomic mass is 28.1. The van der Waals surface area contributed by atoms with Crippen molar-refractivity contribution in [3.63, 3.8) is 0 Å². The van der Waals surface area contributed by atoms with Crippen LogP contribution in [0.1, 0.15) is 0 Å². The predicted octanol–water partition coefficient (Wildman–Crippen LogP) is -11.6. The van der Waals surface area contributed by atoms with Gasteiger partial charge < -0.3 is 0 Å². The maximum Gasteiger partial charge on any atom is -0.0149 e. The molecule has 8 heteroatoms. The smallest absolute Gasteiger partial charge is 0.0149 e. The zero-order valence-corrected chi connectivity index (χ0v) is 0. The summed E-state index contributed by atoms with van der Waals surface area (Å²) >= 11 is 0. The molecule has 0 spiro atoms. The highest BCUT2D eigenvalue weighted by atomic mass is 28.1. The Morgan fingerprint density at radius 3 is 0.125 bits per heavy atom. The van der Waals surface area contributed by atoms with Gasteiger partial charge in [0.05, 0.1) is 0 Å². The van der Waals surface area contributed by atoms with E-state index in [2.05, 4.69) is 0 Å². The Kier molecular flexibility index (Phi) is 5350. The lowest BCUT2D eigenvalue weighted by molar-refractivity contribution is 5.75. The van der Waals surface area contributed by atoms with Crippen LogP contribution in [0.25, 0.3) is 0 Å². The van der Waals surface area contributed by atoms with E-state index in [1.165, 1.54) is 0 Å². The molecule has 0 N–H and O–H groups in total. The fourth-order valence-electron chi connectivity index (χ4n) is 0. The summed E-state index contributed by atoms with van der Waals surface area (Å²) in [4.78, 5) is 0. The van der Waals surface area contributed by atoms with Crippen molar-refractivity contribution in [1.29, 1.82) is 0 Å². The van der Waals surface area contributed by atoms with Crippen LogP contribution in [0.15, 0.2) is 0 Å². The maximum absolute atomic E-state index is 0. The van der Waals surface area contributed by atoms with Crippen molar-refractivity contribution in [2.45, 2.75) is 0 Å². The van der Waals surface area contributed by atoms with E-state index in [-0.39, 0.29) is 87.7 Å². The molecule has 0 bridgehead atoms. The van der Waals surface area contributed by atoms with E-state index in [1.54, 1.807) is 0 Å². The van der Waals surface area contributed by atoms with Crippen LogP contribution in [-0.4, -0.2) is 87.7 Å². The molecule has 0 saturated carbocycles. The molecule has 0 amide bonds. The summed E-state index contributed by atoms with van der Waals surface area (Å²) in [5.41, 5.74) is 0. The topological polar surface area (TPSA) is 0 Å². The molecule has 0 atom stereocenters. The minimum atomic E-state index is 0. The Balaban J connectivity index is 0. The van der Waals surface area contributed by atoms with Gasteiger partial charge in [-0.2, -0.15) is 0 Å². The summed E-state index contributed by atoms with van der Waals surface area (Å²) in [6.07, 6.45) is 0. The van der Waals surface area contributed by atoms with E-state index in [0.29, 0.717) is 0 Å². The molecule has 0 nitrogen and oxygen atoms in total. The highest BCUT2D eigenvalue weighted by Crippen LogP contribution is -0.374. The van der Waals surface area contributed by atoms with E-state index in [0.717, 1.165) is 0 Å². The quantitative estimate of drug-likeness (QED) is 0.378. The van der Waals surface area contributed by atoms with Gasteiger partial charge in [-0.25, -0.2) is 0 Å². The summed E-state index contributed by atoms with van der Waals surface area (Å²) in [6.45, 7) is 0. The van der Waals surface area contributed by atoms with Crippen molar-refractivity contribution in [2.24, 2.45) is 0 Å². The first-order chi connectivity index (χ1) is 0. The molecule has 0 aromatic rings. The van der Waals surface area contributed by atoms with Gasteiger partial charge in [0.15, 0.2) is 0 Å². The molecule has 0 fully saturated rings. The second-order valence-electron chi connectivity index (χ2n) is 0. The van der Waals surface area contributed by atoms with E-state index in [9.17, 15) is 0 Å². The van der Waals surface area contributed by atoms with E-state index in [4.69, 9.17) is 0 Å². The van der Waals surface area contributed by atoms with Gasteiger partial charge in [0.2, 0.25) is 0 Å².